The number of aromatic nitrogens is 2. The summed E-state index contributed by atoms with van der Waals surface area (Å²) in [6, 6.07) is 22.5. The SMILES string of the molecule is C=C(CF)/C(=C\C=C(/C)NCC(/C=C/OC)=C/C=C/Cn1nc(-c2ccccc2)cc1-c1ccccc1)CCCC(=O)O. The zero-order chi connectivity index (χ0) is 30.9. The summed E-state index contributed by atoms with van der Waals surface area (Å²) < 4.78 is 20.4. The Labute approximate surface area is 253 Å². The number of aliphatic carboxylic acids is 1. The monoisotopic (exact) mass is 581 g/mol. The average Bonchev–Trinajstić information content (AvgIpc) is 3.46. The van der Waals surface area contributed by atoms with Gasteiger partial charge in [-0.2, -0.15) is 5.10 Å². The second-order valence-electron chi connectivity index (χ2n) is 9.92. The lowest BCUT2D eigenvalue weighted by atomic mass is 10.0. The minimum Gasteiger partial charge on any atom is -0.504 e. The van der Waals surface area contributed by atoms with E-state index in [0.29, 0.717) is 37.1 Å². The van der Waals surface area contributed by atoms with Crippen LogP contribution in [0.3, 0.4) is 0 Å². The number of carbonyl (C=O) groups is 1. The number of hydrogen-bond acceptors (Lipinski definition) is 4. The minimum absolute atomic E-state index is 0.0352. The Hall–Kier alpha value is -4.91. The highest BCUT2D eigenvalue weighted by atomic mass is 19.1. The van der Waals surface area contributed by atoms with Gasteiger partial charge in [-0.25, -0.2) is 4.39 Å². The molecule has 6 nitrogen and oxygen atoms in total. The van der Waals surface area contributed by atoms with Crippen LogP contribution in [0.5, 0.6) is 0 Å². The zero-order valence-electron chi connectivity index (χ0n) is 24.9. The molecule has 0 radical (unpaired) electrons. The van der Waals surface area contributed by atoms with Crippen molar-refractivity contribution in [2.45, 2.75) is 32.7 Å². The Morgan fingerprint density at radius 2 is 1.74 bits per heavy atom. The van der Waals surface area contributed by atoms with Gasteiger partial charge in [-0.1, -0.05) is 91.5 Å². The van der Waals surface area contributed by atoms with Gasteiger partial charge in [0.05, 0.1) is 31.3 Å². The molecule has 0 fully saturated rings. The van der Waals surface area contributed by atoms with Crippen molar-refractivity contribution in [2.24, 2.45) is 0 Å². The predicted octanol–water partition coefficient (Wildman–Crippen LogP) is 8.06. The summed E-state index contributed by atoms with van der Waals surface area (Å²) in [6.07, 6.45) is 14.2. The smallest absolute Gasteiger partial charge is 0.303 e. The Balaban J connectivity index is 1.72. The van der Waals surface area contributed by atoms with E-state index in [2.05, 4.69) is 48.3 Å². The van der Waals surface area contributed by atoms with Gasteiger partial charge in [0.2, 0.25) is 0 Å². The number of carboxylic acids is 1. The van der Waals surface area contributed by atoms with E-state index in [4.69, 9.17) is 14.9 Å². The van der Waals surface area contributed by atoms with Gasteiger partial charge in [0.1, 0.15) is 6.67 Å². The lowest BCUT2D eigenvalue weighted by Crippen LogP contribution is -2.14. The summed E-state index contributed by atoms with van der Waals surface area (Å²) >= 11 is 0. The lowest BCUT2D eigenvalue weighted by Gasteiger charge is -2.09. The van der Waals surface area contributed by atoms with E-state index < -0.39 is 12.6 Å². The maximum atomic E-state index is 13.2. The van der Waals surface area contributed by atoms with E-state index in [9.17, 15) is 9.18 Å². The van der Waals surface area contributed by atoms with Gasteiger partial charge in [-0.15, -0.1) is 0 Å². The van der Waals surface area contributed by atoms with E-state index in [1.165, 1.54) is 0 Å². The van der Waals surface area contributed by atoms with E-state index in [1.54, 1.807) is 19.4 Å². The molecular weight excluding hydrogens is 541 g/mol. The molecule has 2 N–H and O–H groups in total. The zero-order valence-corrected chi connectivity index (χ0v) is 24.9. The number of nitrogens with one attached hydrogen (secondary N) is 1. The number of allylic oxidation sites excluding steroid dienone is 8. The minimum atomic E-state index is -0.866. The van der Waals surface area contributed by atoms with Crippen LogP contribution in [-0.4, -0.2) is 41.2 Å². The second-order valence-corrected chi connectivity index (χ2v) is 9.92. The molecule has 0 spiro atoms. The molecule has 0 aliphatic rings. The molecule has 0 atom stereocenters. The van der Waals surface area contributed by atoms with E-state index >= 15 is 0 Å². The first kappa shape index (κ1) is 32.6. The summed E-state index contributed by atoms with van der Waals surface area (Å²) in [5.74, 6) is -0.866. The van der Waals surface area contributed by atoms with Crippen molar-refractivity contribution < 1.29 is 19.0 Å². The summed E-state index contributed by atoms with van der Waals surface area (Å²) in [5.41, 5.74) is 7.08. The molecule has 0 aliphatic carbocycles. The highest BCUT2D eigenvalue weighted by Crippen LogP contribution is 2.26. The number of carboxylic acid groups (broad SMARTS) is 1. The summed E-state index contributed by atoms with van der Waals surface area (Å²) in [5, 5.41) is 17.1. The fourth-order valence-corrected chi connectivity index (χ4v) is 4.25. The van der Waals surface area contributed by atoms with Crippen molar-refractivity contribution >= 4 is 5.97 Å². The van der Waals surface area contributed by atoms with Gasteiger partial charge >= 0.3 is 5.97 Å². The van der Waals surface area contributed by atoms with Crippen molar-refractivity contribution in [1.82, 2.24) is 15.1 Å². The molecule has 224 valence electrons. The first-order valence-electron chi connectivity index (χ1n) is 14.2. The van der Waals surface area contributed by atoms with Gasteiger partial charge in [-0.3, -0.25) is 9.48 Å². The first-order valence-corrected chi connectivity index (χ1v) is 14.2. The fourth-order valence-electron chi connectivity index (χ4n) is 4.25. The molecule has 3 aromatic rings. The molecule has 0 saturated heterocycles. The van der Waals surface area contributed by atoms with Crippen LogP contribution < -0.4 is 5.32 Å². The highest BCUT2D eigenvalue weighted by molar-refractivity contribution is 5.68. The molecule has 1 aromatic heterocycles. The average molecular weight is 582 g/mol. The number of halogens is 1. The molecule has 0 saturated carbocycles. The number of alkyl halides is 1. The third kappa shape index (κ3) is 11.1. The van der Waals surface area contributed by atoms with Crippen molar-refractivity contribution in [1.29, 1.82) is 0 Å². The van der Waals surface area contributed by atoms with Gasteiger partial charge in [0.25, 0.3) is 0 Å². The number of nitrogens with zero attached hydrogens (tertiary/aromatic N) is 2. The van der Waals surface area contributed by atoms with Crippen LogP contribution in [0.1, 0.15) is 26.2 Å². The Kier molecular flexibility index (Phi) is 13.5. The summed E-state index contributed by atoms with van der Waals surface area (Å²) in [6.45, 7) is 6.16. The van der Waals surface area contributed by atoms with Crippen LogP contribution in [0.2, 0.25) is 0 Å². The standard InChI is InChI=1S/C36H40FN3O3/c1-28(26-37)31(18-12-19-36(41)42)21-20-29(2)38-27-30(22-24-43-3)13-10-11-23-40-35(33-16-8-5-9-17-33)25-34(39-40)32-14-6-4-7-15-32/h4-11,13-17,20-22,24-25,38H,1,12,18-19,23,26-27H2,2-3H3,(H,41,42)/b11-10+,24-22+,29-20+,30-13+,31-21-. The molecule has 0 amide bonds. The molecule has 7 heteroatoms. The molecular formula is C36H40FN3O3. The van der Waals surface area contributed by atoms with Crippen molar-refractivity contribution in [3.8, 4) is 22.5 Å². The van der Waals surface area contributed by atoms with Crippen molar-refractivity contribution in [3.05, 3.63) is 138 Å². The maximum absolute atomic E-state index is 13.2. The van der Waals surface area contributed by atoms with Gasteiger partial charge in [-0.05, 0) is 60.3 Å². The molecule has 3 rings (SSSR count). The molecule has 1 heterocycles. The van der Waals surface area contributed by atoms with Gasteiger partial charge in [0, 0.05) is 24.2 Å². The molecule has 0 unspecified atom stereocenters. The number of hydrogen-bond donors (Lipinski definition) is 2. The Morgan fingerprint density at radius 3 is 2.40 bits per heavy atom. The Bertz CT molecular complexity index is 1480. The normalized spacial score (nSPS) is 12.7. The third-order valence-electron chi connectivity index (χ3n) is 6.62. The fraction of sp³-hybridized carbons (Fsp3) is 0.222. The summed E-state index contributed by atoms with van der Waals surface area (Å²) in [7, 11) is 1.60. The van der Waals surface area contributed by atoms with Crippen LogP contribution in [0, 0.1) is 0 Å². The predicted molar refractivity (Wildman–Crippen MR) is 173 cm³/mol. The van der Waals surface area contributed by atoms with Gasteiger partial charge in [0.15, 0.2) is 0 Å². The molecule has 0 bridgehead atoms. The van der Waals surface area contributed by atoms with E-state index in [0.717, 1.165) is 33.8 Å². The van der Waals surface area contributed by atoms with Gasteiger partial charge < -0.3 is 15.2 Å². The topological polar surface area (TPSA) is 76.4 Å². The van der Waals surface area contributed by atoms with Crippen LogP contribution in [0.4, 0.5) is 4.39 Å². The van der Waals surface area contributed by atoms with Crippen molar-refractivity contribution in [2.75, 3.05) is 20.3 Å². The van der Waals surface area contributed by atoms with E-state index in [1.807, 2.05) is 72.3 Å². The summed E-state index contributed by atoms with van der Waals surface area (Å²) in [4.78, 5) is 10.8. The lowest BCUT2D eigenvalue weighted by molar-refractivity contribution is -0.137. The quantitative estimate of drug-likeness (QED) is 0.125. The largest absolute Gasteiger partial charge is 0.504 e. The third-order valence-corrected chi connectivity index (χ3v) is 6.62. The van der Waals surface area contributed by atoms with Crippen LogP contribution in [0.25, 0.3) is 22.5 Å². The maximum Gasteiger partial charge on any atom is 0.303 e. The van der Waals surface area contributed by atoms with Crippen LogP contribution in [-0.2, 0) is 16.1 Å². The molecule has 2 aromatic carbocycles. The van der Waals surface area contributed by atoms with Crippen LogP contribution in [0.15, 0.2) is 138 Å². The van der Waals surface area contributed by atoms with E-state index in [-0.39, 0.29) is 6.42 Å². The van der Waals surface area contributed by atoms with Crippen molar-refractivity contribution in [3.63, 3.8) is 0 Å². The molecule has 43 heavy (non-hydrogen) atoms. The number of ether oxygens (including phenoxy) is 1. The Morgan fingerprint density at radius 1 is 1.05 bits per heavy atom. The highest BCUT2D eigenvalue weighted by Gasteiger charge is 2.10. The number of rotatable bonds is 17. The number of benzene rings is 2. The second kappa shape index (κ2) is 17.8. The van der Waals surface area contributed by atoms with Crippen LogP contribution >= 0.6 is 0 Å². The molecule has 0 aliphatic heterocycles. The number of methoxy groups -OCH3 is 1. The first-order chi connectivity index (χ1) is 20.9.